The summed E-state index contributed by atoms with van der Waals surface area (Å²) in [4.78, 5) is 9.06. The Labute approximate surface area is 135 Å². The van der Waals surface area contributed by atoms with Gasteiger partial charge in [-0.15, -0.1) is 0 Å². The maximum atomic E-state index is 5.16. The van der Waals surface area contributed by atoms with E-state index in [0.29, 0.717) is 6.04 Å². The molecule has 116 valence electrons. The highest BCUT2D eigenvalue weighted by Crippen LogP contribution is 2.32. The van der Waals surface area contributed by atoms with Crippen LogP contribution in [0.25, 0.3) is 11.3 Å². The van der Waals surface area contributed by atoms with Crippen molar-refractivity contribution >= 4 is 5.82 Å². The normalized spacial score (nSPS) is 16.8. The highest BCUT2D eigenvalue weighted by Gasteiger charge is 2.20. The van der Waals surface area contributed by atoms with E-state index in [1.807, 2.05) is 19.1 Å². The Balaban J connectivity index is 1.65. The van der Waals surface area contributed by atoms with Crippen molar-refractivity contribution < 1.29 is 4.42 Å². The zero-order chi connectivity index (χ0) is 15.6. The number of aryl methyl sites for hydroxylation is 2. The summed E-state index contributed by atoms with van der Waals surface area (Å²) >= 11 is 0. The number of furan rings is 1. The molecule has 1 aromatic carbocycles. The van der Waals surface area contributed by atoms with Crippen LogP contribution in [0.3, 0.4) is 0 Å². The predicted molar refractivity (Wildman–Crippen MR) is 90.2 cm³/mol. The van der Waals surface area contributed by atoms with Gasteiger partial charge in [-0.1, -0.05) is 24.3 Å². The van der Waals surface area contributed by atoms with Crippen LogP contribution in [0.2, 0.25) is 0 Å². The van der Waals surface area contributed by atoms with E-state index in [0.717, 1.165) is 35.7 Å². The first-order valence-corrected chi connectivity index (χ1v) is 8.02. The summed E-state index contributed by atoms with van der Waals surface area (Å²) in [5.41, 5.74) is 4.69. The van der Waals surface area contributed by atoms with Gasteiger partial charge in [0.1, 0.15) is 11.6 Å². The topological polar surface area (TPSA) is 51.0 Å². The van der Waals surface area contributed by atoms with E-state index < -0.39 is 0 Å². The van der Waals surface area contributed by atoms with E-state index in [4.69, 9.17) is 4.42 Å². The van der Waals surface area contributed by atoms with Crippen LogP contribution in [0, 0.1) is 6.92 Å². The number of hydrogen-bond acceptors (Lipinski definition) is 4. The van der Waals surface area contributed by atoms with Gasteiger partial charge < -0.3 is 9.73 Å². The van der Waals surface area contributed by atoms with Crippen LogP contribution in [0.5, 0.6) is 0 Å². The number of nitrogens with zero attached hydrogens (tertiary/aromatic N) is 2. The SMILES string of the molecule is Cc1nc(N[C@@H]2CCCc3ccccc32)cc(-c2ccoc2)n1. The lowest BCUT2D eigenvalue weighted by molar-refractivity contribution is 0.568. The molecule has 23 heavy (non-hydrogen) atoms. The lowest BCUT2D eigenvalue weighted by Gasteiger charge is -2.27. The molecule has 2 heterocycles. The summed E-state index contributed by atoms with van der Waals surface area (Å²) in [5, 5.41) is 3.60. The van der Waals surface area contributed by atoms with Crippen molar-refractivity contribution in [1.82, 2.24) is 9.97 Å². The zero-order valence-electron chi connectivity index (χ0n) is 13.1. The molecule has 0 fully saturated rings. The largest absolute Gasteiger partial charge is 0.472 e. The second kappa shape index (κ2) is 5.88. The molecular formula is C19H19N3O. The summed E-state index contributed by atoms with van der Waals surface area (Å²) in [6.07, 6.45) is 6.87. The summed E-state index contributed by atoms with van der Waals surface area (Å²) in [6.45, 7) is 1.92. The molecule has 2 aromatic heterocycles. The first-order valence-electron chi connectivity index (χ1n) is 8.02. The molecule has 3 aromatic rings. The van der Waals surface area contributed by atoms with E-state index in [-0.39, 0.29) is 0 Å². The number of aromatic nitrogens is 2. The van der Waals surface area contributed by atoms with E-state index >= 15 is 0 Å². The zero-order valence-corrected chi connectivity index (χ0v) is 13.1. The molecule has 1 atom stereocenters. The molecular weight excluding hydrogens is 286 g/mol. The summed E-state index contributed by atoms with van der Waals surface area (Å²) in [5.74, 6) is 1.63. The number of rotatable bonds is 3. The Morgan fingerprint density at radius 2 is 2.09 bits per heavy atom. The average molecular weight is 305 g/mol. The Kier molecular flexibility index (Phi) is 3.58. The Hall–Kier alpha value is -2.62. The van der Waals surface area contributed by atoms with Crippen LogP contribution >= 0.6 is 0 Å². The van der Waals surface area contributed by atoms with Crippen molar-refractivity contribution in [3.63, 3.8) is 0 Å². The Bertz CT molecular complexity index is 811. The molecule has 0 amide bonds. The number of benzene rings is 1. The molecule has 0 unspecified atom stereocenters. The lowest BCUT2D eigenvalue weighted by atomic mass is 9.88. The fraction of sp³-hybridized carbons (Fsp3) is 0.263. The van der Waals surface area contributed by atoms with Crippen molar-refractivity contribution in [3.8, 4) is 11.3 Å². The molecule has 0 bridgehead atoms. The molecule has 0 saturated carbocycles. The van der Waals surface area contributed by atoms with E-state index in [1.54, 1.807) is 12.5 Å². The molecule has 0 radical (unpaired) electrons. The van der Waals surface area contributed by atoms with Gasteiger partial charge in [0.25, 0.3) is 0 Å². The highest BCUT2D eigenvalue weighted by atomic mass is 16.3. The Morgan fingerprint density at radius 3 is 2.96 bits per heavy atom. The predicted octanol–water partition coefficient (Wildman–Crippen LogP) is 4.53. The van der Waals surface area contributed by atoms with Crippen LogP contribution in [0.4, 0.5) is 5.82 Å². The van der Waals surface area contributed by atoms with Crippen molar-refractivity contribution in [2.75, 3.05) is 5.32 Å². The van der Waals surface area contributed by atoms with Crippen LogP contribution < -0.4 is 5.32 Å². The van der Waals surface area contributed by atoms with Gasteiger partial charge in [0.05, 0.1) is 24.3 Å². The van der Waals surface area contributed by atoms with Gasteiger partial charge in [-0.05, 0) is 43.4 Å². The number of anilines is 1. The molecule has 1 N–H and O–H groups in total. The van der Waals surface area contributed by atoms with Crippen molar-refractivity contribution in [3.05, 3.63) is 65.9 Å². The Morgan fingerprint density at radius 1 is 1.17 bits per heavy atom. The monoisotopic (exact) mass is 305 g/mol. The summed E-state index contributed by atoms with van der Waals surface area (Å²) in [7, 11) is 0. The van der Waals surface area contributed by atoms with Crippen molar-refractivity contribution in [1.29, 1.82) is 0 Å². The molecule has 4 nitrogen and oxygen atoms in total. The van der Waals surface area contributed by atoms with Gasteiger partial charge in [-0.2, -0.15) is 0 Å². The van der Waals surface area contributed by atoms with Gasteiger partial charge in [-0.25, -0.2) is 9.97 Å². The van der Waals surface area contributed by atoms with E-state index in [1.165, 1.54) is 17.5 Å². The van der Waals surface area contributed by atoms with Crippen LogP contribution in [-0.2, 0) is 6.42 Å². The maximum Gasteiger partial charge on any atom is 0.130 e. The molecule has 0 aliphatic heterocycles. The van der Waals surface area contributed by atoms with Gasteiger partial charge in [-0.3, -0.25) is 0 Å². The van der Waals surface area contributed by atoms with Crippen molar-refractivity contribution in [2.24, 2.45) is 0 Å². The number of fused-ring (bicyclic) bond motifs is 1. The maximum absolute atomic E-state index is 5.16. The third-order valence-corrected chi connectivity index (χ3v) is 4.35. The van der Waals surface area contributed by atoms with Crippen LogP contribution in [0.15, 0.2) is 53.3 Å². The second-order valence-corrected chi connectivity index (χ2v) is 5.99. The molecule has 1 aliphatic rings. The molecule has 0 spiro atoms. The van der Waals surface area contributed by atoms with E-state index in [9.17, 15) is 0 Å². The standard InChI is InChI=1S/C19H19N3O/c1-13-20-18(15-9-10-23-12-15)11-19(21-13)22-17-8-4-6-14-5-2-3-7-16(14)17/h2-3,5,7,9-12,17H,4,6,8H2,1H3,(H,20,21,22)/t17-/m1/s1. The van der Waals surface area contributed by atoms with Crippen LogP contribution in [-0.4, -0.2) is 9.97 Å². The van der Waals surface area contributed by atoms with Gasteiger partial charge >= 0.3 is 0 Å². The van der Waals surface area contributed by atoms with Gasteiger partial charge in [0.15, 0.2) is 0 Å². The minimum absolute atomic E-state index is 0.312. The number of nitrogens with one attached hydrogen (secondary N) is 1. The minimum atomic E-state index is 0.312. The van der Waals surface area contributed by atoms with Gasteiger partial charge in [0, 0.05) is 11.6 Å². The first-order chi connectivity index (χ1) is 11.3. The number of hydrogen-bond donors (Lipinski definition) is 1. The minimum Gasteiger partial charge on any atom is -0.472 e. The van der Waals surface area contributed by atoms with E-state index in [2.05, 4.69) is 39.6 Å². The van der Waals surface area contributed by atoms with Gasteiger partial charge in [0.2, 0.25) is 0 Å². The average Bonchev–Trinajstić information content (AvgIpc) is 3.09. The molecule has 4 heteroatoms. The highest BCUT2D eigenvalue weighted by molar-refractivity contribution is 5.61. The third-order valence-electron chi connectivity index (χ3n) is 4.35. The summed E-state index contributed by atoms with van der Waals surface area (Å²) < 4.78 is 5.16. The smallest absolute Gasteiger partial charge is 0.130 e. The first kappa shape index (κ1) is 14.0. The summed E-state index contributed by atoms with van der Waals surface area (Å²) in [6, 6.07) is 12.9. The van der Waals surface area contributed by atoms with Crippen molar-refractivity contribution in [2.45, 2.75) is 32.2 Å². The molecule has 1 aliphatic carbocycles. The quantitative estimate of drug-likeness (QED) is 0.772. The fourth-order valence-electron chi connectivity index (χ4n) is 3.28. The van der Waals surface area contributed by atoms with Crippen LogP contribution in [0.1, 0.15) is 35.8 Å². The molecule has 0 saturated heterocycles. The second-order valence-electron chi connectivity index (χ2n) is 5.99. The third kappa shape index (κ3) is 2.84. The fourth-order valence-corrected chi connectivity index (χ4v) is 3.28. The molecule has 4 rings (SSSR count). The lowest BCUT2D eigenvalue weighted by Crippen LogP contribution is -2.18.